The number of carbonyl (C=O) groups excluding carboxylic acids is 3. The number of allylic oxidation sites excluding steroid dienone is 12. The lowest BCUT2D eigenvalue weighted by Crippen LogP contribution is -2.30. The second kappa shape index (κ2) is 47.5. The average molecular weight is 823 g/mol. The summed E-state index contributed by atoms with van der Waals surface area (Å²) in [7, 11) is 0. The summed E-state index contributed by atoms with van der Waals surface area (Å²) in [5, 5.41) is 0. The molecule has 0 aromatic carbocycles. The van der Waals surface area contributed by atoms with E-state index < -0.39 is 6.10 Å². The summed E-state index contributed by atoms with van der Waals surface area (Å²) >= 11 is 0. The Labute approximate surface area is 363 Å². The van der Waals surface area contributed by atoms with Crippen molar-refractivity contribution in [2.45, 2.75) is 232 Å². The maximum Gasteiger partial charge on any atom is 0.306 e. The topological polar surface area (TPSA) is 78.9 Å². The largest absolute Gasteiger partial charge is 0.462 e. The van der Waals surface area contributed by atoms with Gasteiger partial charge in [-0.1, -0.05) is 190 Å². The number of hydrogen-bond donors (Lipinski definition) is 0. The molecule has 0 amide bonds. The smallest absolute Gasteiger partial charge is 0.306 e. The normalized spacial score (nSPS) is 12.7. The Balaban J connectivity index is 4.47. The SMILES string of the molecule is CC/C=C\C/C=C\C/C=C\C/C=C\CCCCC(=O)OC[C@@H](COC(=O)CCCCCCCCCCCCC)OC(=O)CCCCCCC/C=C\C/C=C\CCCCC. The van der Waals surface area contributed by atoms with Crippen LogP contribution in [0.1, 0.15) is 226 Å². The van der Waals surface area contributed by atoms with Crippen LogP contribution < -0.4 is 0 Å². The number of hydrogen-bond acceptors (Lipinski definition) is 6. The van der Waals surface area contributed by atoms with Gasteiger partial charge in [0.25, 0.3) is 0 Å². The molecule has 0 saturated carbocycles. The Hall–Kier alpha value is -3.15. The van der Waals surface area contributed by atoms with Crippen molar-refractivity contribution >= 4 is 17.9 Å². The molecule has 0 fully saturated rings. The fourth-order valence-electron chi connectivity index (χ4n) is 6.52. The zero-order chi connectivity index (χ0) is 43.0. The Kier molecular flexibility index (Phi) is 45.0. The fraction of sp³-hybridized carbons (Fsp3) is 0.717. The first kappa shape index (κ1) is 55.9. The zero-order valence-electron chi connectivity index (χ0n) is 38.5. The van der Waals surface area contributed by atoms with E-state index in [0.29, 0.717) is 19.3 Å². The number of carbonyl (C=O) groups is 3. The molecule has 0 N–H and O–H groups in total. The second-order valence-electron chi connectivity index (χ2n) is 16.0. The van der Waals surface area contributed by atoms with Crippen molar-refractivity contribution in [3.05, 3.63) is 72.9 Å². The lowest BCUT2D eigenvalue weighted by atomic mass is 10.1. The van der Waals surface area contributed by atoms with Crippen LogP contribution in [0.2, 0.25) is 0 Å². The van der Waals surface area contributed by atoms with Gasteiger partial charge in [-0.05, 0) is 89.9 Å². The van der Waals surface area contributed by atoms with E-state index in [0.717, 1.165) is 109 Å². The molecule has 59 heavy (non-hydrogen) atoms. The lowest BCUT2D eigenvalue weighted by molar-refractivity contribution is -0.167. The third-order valence-electron chi connectivity index (χ3n) is 10.2. The quantitative estimate of drug-likeness (QED) is 0.0264. The second-order valence-corrected chi connectivity index (χ2v) is 16.0. The highest BCUT2D eigenvalue weighted by Crippen LogP contribution is 2.14. The molecule has 6 nitrogen and oxygen atoms in total. The van der Waals surface area contributed by atoms with E-state index in [1.165, 1.54) is 77.0 Å². The van der Waals surface area contributed by atoms with Crippen LogP contribution >= 0.6 is 0 Å². The third-order valence-corrected chi connectivity index (χ3v) is 10.2. The Bertz CT molecular complexity index is 1130. The van der Waals surface area contributed by atoms with Gasteiger partial charge in [0.1, 0.15) is 13.2 Å². The van der Waals surface area contributed by atoms with E-state index in [2.05, 4.69) is 93.7 Å². The minimum atomic E-state index is -0.796. The minimum Gasteiger partial charge on any atom is -0.462 e. The van der Waals surface area contributed by atoms with Crippen molar-refractivity contribution in [3.63, 3.8) is 0 Å². The standard InChI is InChI=1S/C53H90O6/c1-4-7-10-13-16-19-22-24-26-28-31-34-37-40-43-46-52(55)58-49-50(48-57-51(54)45-42-39-36-33-30-21-18-15-12-9-6-3)59-53(56)47-44-41-38-35-32-29-27-25-23-20-17-14-11-8-5-2/h7,10,16-17,19-20,24-27,31,34,50H,4-6,8-9,11-15,18,21-23,28-30,32-33,35-49H2,1-3H3/b10-7-,19-16-,20-17-,26-24-,27-25-,34-31-/t50-/m1/s1. The van der Waals surface area contributed by atoms with Gasteiger partial charge in [-0.3, -0.25) is 14.4 Å². The molecule has 0 aliphatic heterocycles. The summed E-state index contributed by atoms with van der Waals surface area (Å²) < 4.78 is 16.7. The summed E-state index contributed by atoms with van der Waals surface area (Å²) in [6, 6.07) is 0. The maximum atomic E-state index is 12.8. The van der Waals surface area contributed by atoms with E-state index >= 15 is 0 Å². The van der Waals surface area contributed by atoms with Gasteiger partial charge in [0.15, 0.2) is 6.10 Å². The van der Waals surface area contributed by atoms with Crippen molar-refractivity contribution < 1.29 is 28.6 Å². The molecule has 0 radical (unpaired) electrons. The Morgan fingerprint density at radius 1 is 0.356 bits per heavy atom. The highest BCUT2D eigenvalue weighted by Gasteiger charge is 2.19. The molecular weight excluding hydrogens is 733 g/mol. The number of rotatable bonds is 43. The van der Waals surface area contributed by atoms with Crippen LogP contribution in [-0.4, -0.2) is 37.2 Å². The van der Waals surface area contributed by atoms with Crippen molar-refractivity contribution in [1.29, 1.82) is 0 Å². The molecule has 0 bridgehead atoms. The molecule has 0 spiro atoms. The van der Waals surface area contributed by atoms with Crippen LogP contribution in [0.15, 0.2) is 72.9 Å². The number of unbranched alkanes of at least 4 members (excludes halogenated alkanes) is 20. The summed E-state index contributed by atoms with van der Waals surface area (Å²) in [5.41, 5.74) is 0. The van der Waals surface area contributed by atoms with Crippen LogP contribution in [0, 0.1) is 0 Å². The van der Waals surface area contributed by atoms with Gasteiger partial charge < -0.3 is 14.2 Å². The predicted molar refractivity (Wildman–Crippen MR) is 251 cm³/mol. The van der Waals surface area contributed by atoms with Gasteiger partial charge in [-0.15, -0.1) is 0 Å². The van der Waals surface area contributed by atoms with Crippen molar-refractivity contribution in [2.75, 3.05) is 13.2 Å². The van der Waals surface area contributed by atoms with Gasteiger partial charge in [-0.2, -0.15) is 0 Å². The summed E-state index contributed by atoms with van der Waals surface area (Å²) in [6.07, 6.45) is 58.8. The van der Waals surface area contributed by atoms with Crippen LogP contribution in [0.5, 0.6) is 0 Å². The fourth-order valence-corrected chi connectivity index (χ4v) is 6.52. The van der Waals surface area contributed by atoms with E-state index in [-0.39, 0.29) is 31.1 Å². The van der Waals surface area contributed by atoms with Gasteiger partial charge in [0, 0.05) is 19.3 Å². The van der Waals surface area contributed by atoms with Gasteiger partial charge in [-0.25, -0.2) is 0 Å². The first-order chi connectivity index (χ1) is 29.0. The molecule has 338 valence electrons. The molecule has 0 heterocycles. The molecule has 1 atom stereocenters. The van der Waals surface area contributed by atoms with Crippen molar-refractivity contribution in [3.8, 4) is 0 Å². The zero-order valence-corrected chi connectivity index (χ0v) is 38.5. The van der Waals surface area contributed by atoms with Crippen molar-refractivity contribution in [1.82, 2.24) is 0 Å². The molecule has 0 aromatic rings. The summed E-state index contributed by atoms with van der Waals surface area (Å²) in [4.78, 5) is 37.8. The monoisotopic (exact) mass is 823 g/mol. The van der Waals surface area contributed by atoms with Crippen LogP contribution in [0.3, 0.4) is 0 Å². The maximum absolute atomic E-state index is 12.8. The van der Waals surface area contributed by atoms with Crippen molar-refractivity contribution in [2.24, 2.45) is 0 Å². The molecule has 0 unspecified atom stereocenters. The molecule has 0 rings (SSSR count). The van der Waals surface area contributed by atoms with Crippen LogP contribution in [0.25, 0.3) is 0 Å². The highest BCUT2D eigenvalue weighted by atomic mass is 16.6. The van der Waals surface area contributed by atoms with Gasteiger partial charge in [0.2, 0.25) is 0 Å². The molecule has 0 saturated heterocycles. The molecule has 0 aliphatic carbocycles. The van der Waals surface area contributed by atoms with E-state index in [1.807, 2.05) is 0 Å². The Morgan fingerprint density at radius 2 is 0.661 bits per heavy atom. The summed E-state index contributed by atoms with van der Waals surface area (Å²) in [5.74, 6) is -0.953. The highest BCUT2D eigenvalue weighted by molar-refractivity contribution is 5.71. The predicted octanol–water partition coefficient (Wildman–Crippen LogP) is 15.9. The third kappa shape index (κ3) is 45.8. The van der Waals surface area contributed by atoms with Gasteiger partial charge in [0.05, 0.1) is 0 Å². The first-order valence-corrected chi connectivity index (χ1v) is 24.4. The van der Waals surface area contributed by atoms with E-state index in [1.54, 1.807) is 0 Å². The van der Waals surface area contributed by atoms with Crippen LogP contribution in [-0.2, 0) is 28.6 Å². The molecule has 0 aromatic heterocycles. The molecular formula is C53H90O6. The van der Waals surface area contributed by atoms with Crippen LogP contribution in [0.4, 0.5) is 0 Å². The van der Waals surface area contributed by atoms with E-state index in [9.17, 15) is 14.4 Å². The summed E-state index contributed by atoms with van der Waals surface area (Å²) in [6.45, 7) is 6.43. The number of esters is 3. The first-order valence-electron chi connectivity index (χ1n) is 24.4. The lowest BCUT2D eigenvalue weighted by Gasteiger charge is -2.18. The average Bonchev–Trinajstić information content (AvgIpc) is 3.23. The minimum absolute atomic E-state index is 0.0934. The van der Waals surface area contributed by atoms with Gasteiger partial charge >= 0.3 is 17.9 Å². The molecule has 0 aliphatic rings. The molecule has 6 heteroatoms. The number of ether oxygens (including phenoxy) is 3. The van der Waals surface area contributed by atoms with E-state index in [4.69, 9.17) is 14.2 Å². The Morgan fingerprint density at radius 3 is 1.10 bits per heavy atom.